The van der Waals surface area contributed by atoms with Gasteiger partial charge < -0.3 is 10.4 Å². The molecule has 0 aromatic heterocycles. The molecule has 0 spiro atoms. The molecule has 31 heavy (non-hydrogen) atoms. The van der Waals surface area contributed by atoms with Crippen LogP contribution in [0.25, 0.3) is 0 Å². The Labute approximate surface area is 186 Å². The summed E-state index contributed by atoms with van der Waals surface area (Å²) < 4.78 is 38.8. The first-order valence-electron chi connectivity index (χ1n) is 10.8. The van der Waals surface area contributed by atoms with E-state index in [2.05, 4.69) is 16.3 Å². The van der Waals surface area contributed by atoms with Crippen LogP contribution in [0.5, 0.6) is 0 Å². The van der Waals surface area contributed by atoms with Crippen molar-refractivity contribution in [1.82, 2.24) is 10.2 Å². The summed E-state index contributed by atoms with van der Waals surface area (Å²) in [5.74, 6) is 0. The zero-order chi connectivity index (χ0) is 22.1. The largest absolute Gasteiger partial charge is 0.416 e. The molecule has 0 amide bonds. The van der Waals surface area contributed by atoms with E-state index in [4.69, 9.17) is 11.6 Å². The molecule has 1 saturated heterocycles. The summed E-state index contributed by atoms with van der Waals surface area (Å²) in [4.78, 5) is 2.51. The maximum Gasteiger partial charge on any atom is 0.416 e. The van der Waals surface area contributed by atoms with E-state index in [9.17, 15) is 18.3 Å². The number of aliphatic hydroxyl groups is 1. The van der Waals surface area contributed by atoms with Gasteiger partial charge in [0.05, 0.1) is 11.2 Å². The topological polar surface area (TPSA) is 35.5 Å². The van der Waals surface area contributed by atoms with Gasteiger partial charge in [-0.25, -0.2) is 0 Å². The lowest BCUT2D eigenvalue weighted by Gasteiger charge is -2.52. The lowest BCUT2D eigenvalue weighted by molar-refractivity contribution is -0.137. The molecule has 0 radical (unpaired) electrons. The highest BCUT2D eigenvalue weighted by Crippen LogP contribution is 2.46. The Morgan fingerprint density at radius 2 is 1.55 bits per heavy atom. The van der Waals surface area contributed by atoms with E-state index < -0.39 is 17.3 Å². The maximum atomic E-state index is 12.9. The van der Waals surface area contributed by atoms with Gasteiger partial charge in [0.15, 0.2) is 0 Å². The molecule has 0 atom stereocenters. The van der Waals surface area contributed by atoms with Crippen molar-refractivity contribution in [3.63, 3.8) is 0 Å². The Morgan fingerprint density at radius 1 is 0.935 bits per heavy atom. The Kier molecular flexibility index (Phi) is 6.37. The summed E-state index contributed by atoms with van der Waals surface area (Å²) in [6.07, 6.45) is -1.04. The molecule has 0 bridgehead atoms. The van der Waals surface area contributed by atoms with Crippen LogP contribution in [0.2, 0.25) is 5.02 Å². The molecular formula is C24H28ClF3N2O. The number of piperazine rings is 1. The lowest BCUT2D eigenvalue weighted by Crippen LogP contribution is -2.59. The van der Waals surface area contributed by atoms with Crippen molar-refractivity contribution in [2.75, 3.05) is 26.2 Å². The number of halogens is 4. The van der Waals surface area contributed by atoms with Crippen LogP contribution in [0.1, 0.15) is 42.4 Å². The van der Waals surface area contributed by atoms with E-state index in [1.807, 2.05) is 18.2 Å². The van der Waals surface area contributed by atoms with E-state index in [1.165, 1.54) is 12.1 Å². The van der Waals surface area contributed by atoms with Gasteiger partial charge in [0.2, 0.25) is 0 Å². The van der Waals surface area contributed by atoms with Crippen LogP contribution in [0.3, 0.4) is 0 Å². The number of hydrogen-bond donors (Lipinski definition) is 2. The van der Waals surface area contributed by atoms with Crippen LogP contribution in [-0.2, 0) is 18.2 Å². The summed E-state index contributed by atoms with van der Waals surface area (Å²) in [7, 11) is 0. The smallest absolute Gasteiger partial charge is 0.385 e. The van der Waals surface area contributed by atoms with Crippen molar-refractivity contribution in [1.29, 1.82) is 0 Å². The first-order valence-corrected chi connectivity index (χ1v) is 11.2. The standard InChI is InChI=1S/C24H28ClF3N2O/c25-21-4-2-1-3-18(21)17-22(30-15-13-29-14-16-30)9-11-23(31,12-10-22)19-5-7-20(8-6-19)24(26,27)28/h1-8,29,31H,9-17H2. The molecule has 2 aromatic rings. The Morgan fingerprint density at radius 3 is 2.13 bits per heavy atom. The highest BCUT2D eigenvalue weighted by Gasteiger charge is 2.46. The third-order valence-corrected chi connectivity index (χ3v) is 7.39. The van der Waals surface area contributed by atoms with Crippen molar-refractivity contribution in [3.8, 4) is 0 Å². The number of rotatable bonds is 4. The molecule has 1 saturated carbocycles. The molecule has 7 heteroatoms. The quantitative estimate of drug-likeness (QED) is 0.684. The molecule has 2 aliphatic rings. The molecule has 2 N–H and O–H groups in total. The molecule has 0 unspecified atom stereocenters. The van der Waals surface area contributed by atoms with Gasteiger partial charge in [-0.15, -0.1) is 0 Å². The van der Waals surface area contributed by atoms with Crippen molar-refractivity contribution < 1.29 is 18.3 Å². The minimum absolute atomic E-state index is 0.120. The van der Waals surface area contributed by atoms with Crippen molar-refractivity contribution in [3.05, 3.63) is 70.2 Å². The Hall–Kier alpha value is -1.60. The average molecular weight is 453 g/mol. The van der Waals surface area contributed by atoms with Crippen LogP contribution in [0.15, 0.2) is 48.5 Å². The minimum Gasteiger partial charge on any atom is -0.385 e. The average Bonchev–Trinajstić information content (AvgIpc) is 2.77. The molecule has 2 aromatic carbocycles. The highest BCUT2D eigenvalue weighted by atomic mass is 35.5. The number of nitrogens with one attached hydrogen (secondary N) is 1. The molecule has 1 aliphatic carbocycles. The lowest BCUT2D eigenvalue weighted by atomic mass is 9.68. The predicted molar refractivity (Wildman–Crippen MR) is 116 cm³/mol. The Balaban J connectivity index is 1.57. The van der Waals surface area contributed by atoms with Gasteiger partial charge in [-0.3, -0.25) is 4.90 Å². The fourth-order valence-corrected chi connectivity index (χ4v) is 5.33. The van der Waals surface area contributed by atoms with Crippen LogP contribution in [0, 0.1) is 0 Å². The molecule has 4 rings (SSSR count). The number of nitrogens with zero attached hydrogens (tertiary/aromatic N) is 1. The maximum absolute atomic E-state index is 12.9. The third-order valence-electron chi connectivity index (χ3n) is 7.02. The van der Waals surface area contributed by atoms with Gasteiger partial charge in [0.1, 0.15) is 0 Å². The third kappa shape index (κ3) is 4.77. The van der Waals surface area contributed by atoms with Crippen molar-refractivity contribution in [2.45, 2.75) is 49.4 Å². The van der Waals surface area contributed by atoms with Gasteiger partial charge in [0.25, 0.3) is 0 Å². The first-order chi connectivity index (χ1) is 14.7. The second-order valence-electron chi connectivity index (χ2n) is 8.84. The summed E-state index contributed by atoms with van der Waals surface area (Å²) in [6.45, 7) is 3.72. The van der Waals surface area contributed by atoms with Gasteiger partial charge in [-0.05, 0) is 61.4 Å². The monoisotopic (exact) mass is 452 g/mol. The first kappa shape index (κ1) is 22.6. The van der Waals surface area contributed by atoms with E-state index >= 15 is 0 Å². The fraction of sp³-hybridized carbons (Fsp3) is 0.500. The summed E-state index contributed by atoms with van der Waals surface area (Å²) in [5.41, 5.74) is -0.257. The minimum atomic E-state index is -4.37. The number of alkyl halides is 3. The molecule has 3 nitrogen and oxygen atoms in total. The van der Waals surface area contributed by atoms with Crippen molar-refractivity contribution >= 4 is 11.6 Å². The second-order valence-corrected chi connectivity index (χ2v) is 9.24. The highest BCUT2D eigenvalue weighted by molar-refractivity contribution is 6.31. The fourth-order valence-electron chi connectivity index (χ4n) is 5.13. The number of benzene rings is 2. The Bertz CT molecular complexity index is 886. The molecule has 1 heterocycles. The summed E-state index contributed by atoms with van der Waals surface area (Å²) in [6, 6.07) is 12.9. The zero-order valence-corrected chi connectivity index (χ0v) is 18.1. The van der Waals surface area contributed by atoms with E-state index in [-0.39, 0.29) is 5.54 Å². The molecule has 168 valence electrons. The number of hydrogen-bond acceptors (Lipinski definition) is 3. The van der Waals surface area contributed by atoms with Crippen LogP contribution < -0.4 is 5.32 Å². The van der Waals surface area contributed by atoms with E-state index in [0.29, 0.717) is 18.4 Å². The summed E-state index contributed by atoms with van der Waals surface area (Å²) in [5, 5.41) is 15.5. The normalized spacial score (nSPS) is 27.9. The molecular weight excluding hydrogens is 425 g/mol. The molecule has 2 fully saturated rings. The second kappa shape index (κ2) is 8.74. The van der Waals surface area contributed by atoms with Crippen LogP contribution in [0.4, 0.5) is 13.2 Å². The van der Waals surface area contributed by atoms with Gasteiger partial charge in [-0.2, -0.15) is 13.2 Å². The van der Waals surface area contributed by atoms with Gasteiger partial charge in [-0.1, -0.05) is 41.9 Å². The summed E-state index contributed by atoms with van der Waals surface area (Å²) >= 11 is 6.48. The van der Waals surface area contributed by atoms with Crippen LogP contribution in [-0.4, -0.2) is 41.7 Å². The zero-order valence-electron chi connectivity index (χ0n) is 17.4. The van der Waals surface area contributed by atoms with E-state index in [1.54, 1.807) is 0 Å². The SMILES string of the molecule is OC1(c2ccc(C(F)(F)F)cc2)CCC(Cc2ccccc2Cl)(N2CCNCC2)CC1. The van der Waals surface area contributed by atoms with Gasteiger partial charge >= 0.3 is 6.18 Å². The van der Waals surface area contributed by atoms with Crippen molar-refractivity contribution in [2.24, 2.45) is 0 Å². The van der Waals surface area contributed by atoms with E-state index in [0.717, 1.165) is 68.2 Å². The van der Waals surface area contributed by atoms with Crippen LogP contribution >= 0.6 is 11.6 Å². The molecule has 1 aliphatic heterocycles. The van der Waals surface area contributed by atoms with Gasteiger partial charge in [0, 0.05) is 36.7 Å². The predicted octanol–water partition coefficient (Wildman–Crippen LogP) is 5.01.